The van der Waals surface area contributed by atoms with Crippen molar-refractivity contribution in [1.29, 1.82) is 0 Å². The fourth-order valence-corrected chi connectivity index (χ4v) is 4.48. The average Bonchev–Trinajstić information content (AvgIpc) is 2.46. The van der Waals surface area contributed by atoms with Crippen LogP contribution < -0.4 is 4.72 Å². The first-order valence-corrected chi connectivity index (χ1v) is 9.04. The summed E-state index contributed by atoms with van der Waals surface area (Å²) in [5.41, 5.74) is 0. The second-order valence-corrected chi connectivity index (χ2v) is 7.81. The van der Waals surface area contributed by atoms with Gasteiger partial charge in [0.25, 0.3) is 0 Å². The number of benzene rings is 2. The second kappa shape index (κ2) is 5.78. The Morgan fingerprint density at radius 3 is 2.57 bits per heavy atom. The van der Waals surface area contributed by atoms with Gasteiger partial charge in [0, 0.05) is 6.04 Å². The van der Waals surface area contributed by atoms with Crippen LogP contribution in [0.4, 0.5) is 0 Å². The summed E-state index contributed by atoms with van der Waals surface area (Å²) >= 11 is 0. The van der Waals surface area contributed by atoms with Gasteiger partial charge in [-0.3, -0.25) is 0 Å². The molecule has 1 fully saturated rings. The fraction of sp³-hybridized carbons (Fsp3) is 0.412. The van der Waals surface area contributed by atoms with E-state index in [1.54, 1.807) is 12.1 Å². The molecule has 1 aliphatic rings. The Kier molecular flexibility index (Phi) is 4.00. The summed E-state index contributed by atoms with van der Waals surface area (Å²) in [6, 6.07) is 13.2. The molecule has 0 unspecified atom stereocenters. The zero-order chi connectivity index (χ0) is 14.9. The quantitative estimate of drug-likeness (QED) is 0.940. The Morgan fingerprint density at radius 2 is 1.81 bits per heavy atom. The maximum atomic E-state index is 12.5. The monoisotopic (exact) mass is 303 g/mol. The molecule has 0 aliphatic heterocycles. The van der Waals surface area contributed by atoms with E-state index in [0.29, 0.717) is 10.8 Å². The molecule has 1 N–H and O–H groups in total. The van der Waals surface area contributed by atoms with E-state index < -0.39 is 10.0 Å². The normalized spacial score (nSPS) is 23.3. The van der Waals surface area contributed by atoms with Gasteiger partial charge in [0.05, 0.1) is 4.90 Å². The molecule has 0 radical (unpaired) electrons. The van der Waals surface area contributed by atoms with Crippen LogP contribution >= 0.6 is 0 Å². The van der Waals surface area contributed by atoms with Crippen LogP contribution in [0, 0.1) is 5.92 Å². The minimum absolute atomic E-state index is 0.0743. The highest BCUT2D eigenvalue weighted by atomic mass is 32.2. The molecule has 2 atom stereocenters. The molecule has 0 spiro atoms. The highest BCUT2D eigenvalue weighted by Gasteiger charge is 2.24. The zero-order valence-electron chi connectivity index (χ0n) is 12.2. The van der Waals surface area contributed by atoms with Crippen LogP contribution in [0.2, 0.25) is 0 Å². The van der Waals surface area contributed by atoms with Crippen LogP contribution in [-0.2, 0) is 10.0 Å². The number of rotatable bonds is 3. The van der Waals surface area contributed by atoms with E-state index in [1.807, 2.05) is 30.3 Å². The van der Waals surface area contributed by atoms with Crippen molar-refractivity contribution in [2.45, 2.75) is 43.5 Å². The van der Waals surface area contributed by atoms with Crippen molar-refractivity contribution in [2.75, 3.05) is 0 Å². The summed E-state index contributed by atoms with van der Waals surface area (Å²) in [7, 11) is -3.42. The predicted molar refractivity (Wildman–Crippen MR) is 85.7 cm³/mol. The Bertz CT molecular complexity index is 739. The van der Waals surface area contributed by atoms with Gasteiger partial charge in [-0.15, -0.1) is 0 Å². The number of hydrogen-bond acceptors (Lipinski definition) is 2. The molecule has 1 saturated carbocycles. The highest BCUT2D eigenvalue weighted by Crippen LogP contribution is 2.25. The average molecular weight is 303 g/mol. The smallest absolute Gasteiger partial charge is 0.208 e. The van der Waals surface area contributed by atoms with Gasteiger partial charge in [0.1, 0.15) is 0 Å². The summed E-state index contributed by atoms with van der Waals surface area (Å²) in [5, 5.41) is 2.01. The molecular formula is C17H21NO2S. The van der Waals surface area contributed by atoms with Crippen molar-refractivity contribution >= 4 is 20.8 Å². The predicted octanol–water partition coefficient (Wildman–Crippen LogP) is 3.70. The van der Waals surface area contributed by atoms with Crippen molar-refractivity contribution in [1.82, 2.24) is 4.72 Å². The van der Waals surface area contributed by atoms with Gasteiger partial charge < -0.3 is 0 Å². The van der Waals surface area contributed by atoms with Crippen LogP contribution in [0.25, 0.3) is 10.8 Å². The van der Waals surface area contributed by atoms with Crippen LogP contribution in [0.15, 0.2) is 47.4 Å². The molecule has 3 rings (SSSR count). The van der Waals surface area contributed by atoms with Gasteiger partial charge in [0.2, 0.25) is 10.0 Å². The van der Waals surface area contributed by atoms with Gasteiger partial charge in [-0.1, -0.05) is 50.1 Å². The lowest BCUT2D eigenvalue weighted by atomic mass is 9.88. The third-order valence-corrected chi connectivity index (χ3v) is 5.81. The lowest BCUT2D eigenvalue weighted by Gasteiger charge is -2.27. The summed E-state index contributed by atoms with van der Waals surface area (Å²) in [6.45, 7) is 2.19. The van der Waals surface area contributed by atoms with E-state index in [4.69, 9.17) is 0 Å². The minimum Gasteiger partial charge on any atom is -0.208 e. The van der Waals surface area contributed by atoms with E-state index in [-0.39, 0.29) is 6.04 Å². The third kappa shape index (κ3) is 3.27. The van der Waals surface area contributed by atoms with Crippen molar-refractivity contribution in [3.63, 3.8) is 0 Å². The lowest BCUT2D eigenvalue weighted by Crippen LogP contribution is -2.37. The fourth-order valence-electron chi connectivity index (χ4n) is 3.16. The SMILES string of the molecule is C[C@H]1CCC[C@@H](NS(=O)(=O)c2ccc3ccccc3c2)C1. The molecule has 0 bridgehead atoms. The molecule has 2 aromatic carbocycles. The topological polar surface area (TPSA) is 46.2 Å². The number of sulfonamides is 1. The molecular weight excluding hydrogens is 282 g/mol. The Balaban J connectivity index is 1.85. The van der Waals surface area contributed by atoms with Crippen molar-refractivity contribution in [3.05, 3.63) is 42.5 Å². The van der Waals surface area contributed by atoms with Crippen molar-refractivity contribution in [3.8, 4) is 0 Å². The molecule has 2 aromatic rings. The molecule has 3 nitrogen and oxygen atoms in total. The highest BCUT2D eigenvalue weighted by molar-refractivity contribution is 7.89. The molecule has 0 aromatic heterocycles. The van der Waals surface area contributed by atoms with Crippen molar-refractivity contribution in [2.24, 2.45) is 5.92 Å². The van der Waals surface area contributed by atoms with Crippen LogP contribution in [0.3, 0.4) is 0 Å². The van der Waals surface area contributed by atoms with Crippen LogP contribution in [0.5, 0.6) is 0 Å². The summed E-state index contributed by atoms with van der Waals surface area (Å²) in [6.07, 6.45) is 4.18. The maximum Gasteiger partial charge on any atom is 0.240 e. The van der Waals surface area contributed by atoms with E-state index >= 15 is 0 Å². The molecule has 0 heterocycles. The van der Waals surface area contributed by atoms with Gasteiger partial charge in [-0.05, 0) is 41.7 Å². The van der Waals surface area contributed by atoms with Gasteiger partial charge in [0.15, 0.2) is 0 Å². The van der Waals surface area contributed by atoms with E-state index in [9.17, 15) is 8.42 Å². The molecule has 1 aliphatic carbocycles. The number of nitrogens with one attached hydrogen (secondary N) is 1. The van der Waals surface area contributed by atoms with E-state index in [1.165, 1.54) is 6.42 Å². The Morgan fingerprint density at radius 1 is 1.05 bits per heavy atom. The first-order chi connectivity index (χ1) is 10.0. The maximum absolute atomic E-state index is 12.5. The van der Waals surface area contributed by atoms with Crippen LogP contribution in [0.1, 0.15) is 32.6 Å². The summed E-state index contributed by atoms with van der Waals surface area (Å²) in [5.74, 6) is 0.600. The number of fused-ring (bicyclic) bond motifs is 1. The molecule has 21 heavy (non-hydrogen) atoms. The van der Waals surface area contributed by atoms with Gasteiger partial charge >= 0.3 is 0 Å². The standard InChI is InChI=1S/C17H21NO2S/c1-13-5-4-8-16(11-13)18-21(19,20)17-10-9-14-6-2-3-7-15(14)12-17/h2-3,6-7,9-10,12-13,16,18H,4-5,8,11H2,1H3/t13-,16+/m0/s1. The lowest BCUT2D eigenvalue weighted by molar-refractivity contribution is 0.327. The van der Waals surface area contributed by atoms with Gasteiger partial charge in [-0.25, -0.2) is 13.1 Å². The Labute approximate surface area is 126 Å². The largest absolute Gasteiger partial charge is 0.240 e. The first-order valence-electron chi connectivity index (χ1n) is 7.56. The first kappa shape index (κ1) is 14.5. The summed E-state index contributed by atoms with van der Waals surface area (Å²) in [4.78, 5) is 0.361. The van der Waals surface area contributed by atoms with Crippen LogP contribution in [-0.4, -0.2) is 14.5 Å². The molecule has 112 valence electrons. The minimum atomic E-state index is -3.42. The Hall–Kier alpha value is -1.39. The van der Waals surface area contributed by atoms with E-state index in [0.717, 1.165) is 30.0 Å². The summed E-state index contributed by atoms with van der Waals surface area (Å²) < 4.78 is 28.0. The second-order valence-electron chi connectivity index (χ2n) is 6.10. The third-order valence-electron chi connectivity index (χ3n) is 4.29. The molecule has 0 saturated heterocycles. The zero-order valence-corrected chi connectivity index (χ0v) is 13.1. The number of hydrogen-bond donors (Lipinski definition) is 1. The van der Waals surface area contributed by atoms with E-state index in [2.05, 4.69) is 11.6 Å². The van der Waals surface area contributed by atoms with Crippen molar-refractivity contribution < 1.29 is 8.42 Å². The molecule has 0 amide bonds. The molecule has 4 heteroatoms. The van der Waals surface area contributed by atoms with Gasteiger partial charge in [-0.2, -0.15) is 0 Å².